The highest BCUT2D eigenvalue weighted by atomic mass is 16.8. The maximum Gasteiger partial charge on any atom is 0.192 e. The molecule has 1 aliphatic rings. The number of ether oxygens (including phenoxy) is 2. The molecule has 1 heterocycles. The van der Waals surface area contributed by atoms with E-state index in [1.165, 1.54) is 5.56 Å². The summed E-state index contributed by atoms with van der Waals surface area (Å²) in [5.41, 5.74) is 2.45. The van der Waals surface area contributed by atoms with Crippen LogP contribution in [0.4, 0.5) is 0 Å². The normalized spacial score (nSPS) is 22.4. The largest absolute Gasteiger partial charge is 0.347 e. The molecule has 0 aromatic heterocycles. The molecule has 0 aliphatic carbocycles. The molecule has 1 aliphatic heterocycles. The maximum atomic E-state index is 5.80. The van der Waals surface area contributed by atoms with E-state index >= 15 is 0 Å². The second kappa shape index (κ2) is 5.48. The first-order chi connectivity index (χ1) is 8.28. The Kier molecular flexibility index (Phi) is 3.97. The smallest absolute Gasteiger partial charge is 0.192 e. The van der Waals surface area contributed by atoms with Gasteiger partial charge in [-0.1, -0.05) is 50.3 Å². The average Bonchev–Trinajstić information content (AvgIpc) is 3.11. The molecule has 0 bridgehead atoms. The van der Waals surface area contributed by atoms with Crippen LogP contribution in [0.3, 0.4) is 0 Å². The molecule has 0 spiro atoms. The highest BCUT2D eigenvalue weighted by molar-refractivity contribution is 5.47. The Bertz CT molecular complexity index is 363. The summed E-state index contributed by atoms with van der Waals surface area (Å²) in [6.45, 7) is 7.39. The Morgan fingerprint density at radius 2 is 2.12 bits per heavy atom. The van der Waals surface area contributed by atoms with Crippen LogP contribution in [0.2, 0.25) is 0 Å². The van der Waals surface area contributed by atoms with E-state index in [0.717, 1.165) is 38.0 Å². The van der Waals surface area contributed by atoms with Gasteiger partial charge in [0.2, 0.25) is 0 Å². The van der Waals surface area contributed by atoms with Gasteiger partial charge in [0.1, 0.15) is 6.61 Å². The molecule has 0 saturated carbocycles. The van der Waals surface area contributed by atoms with Crippen LogP contribution >= 0.6 is 0 Å². The van der Waals surface area contributed by atoms with Crippen LogP contribution in [0.25, 0.3) is 6.08 Å². The summed E-state index contributed by atoms with van der Waals surface area (Å²) in [5.74, 6) is -0.240. The van der Waals surface area contributed by atoms with Gasteiger partial charge < -0.3 is 9.47 Å². The minimum atomic E-state index is -0.240. The molecule has 1 fully saturated rings. The molecule has 2 heteroatoms. The summed E-state index contributed by atoms with van der Waals surface area (Å²) in [6.07, 6.45) is 4.90. The molecule has 1 aromatic carbocycles. The zero-order valence-corrected chi connectivity index (χ0v) is 10.4. The van der Waals surface area contributed by atoms with Gasteiger partial charge >= 0.3 is 0 Å². The second-order valence-corrected chi connectivity index (χ2v) is 4.49. The minimum absolute atomic E-state index is 0.240. The van der Waals surface area contributed by atoms with E-state index in [-0.39, 0.29) is 5.79 Å². The molecule has 17 heavy (non-hydrogen) atoms. The molecular formula is C15H20O2. The lowest BCUT2D eigenvalue weighted by molar-refractivity contribution is -0.0476. The highest BCUT2D eigenvalue weighted by Crippen LogP contribution is 2.33. The molecule has 0 N–H and O–H groups in total. The molecule has 1 unspecified atom stereocenters. The van der Waals surface area contributed by atoms with Crippen molar-refractivity contribution >= 4 is 6.08 Å². The van der Waals surface area contributed by atoms with Crippen LogP contribution in [0.5, 0.6) is 0 Å². The van der Waals surface area contributed by atoms with Crippen molar-refractivity contribution in [2.24, 2.45) is 0 Å². The van der Waals surface area contributed by atoms with Gasteiger partial charge in [-0.2, -0.15) is 0 Å². The summed E-state index contributed by atoms with van der Waals surface area (Å²) in [4.78, 5) is 0. The molecular weight excluding hydrogens is 212 g/mol. The van der Waals surface area contributed by atoms with Gasteiger partial charge in [-0.15, -0.1) is 0 Å². The van der Waals surface area contributed by atoms with Gasteiger partial charge in [-0.05, 0) is 17.5 Å². The van der Waals surface area contributed by atoms with E-state index < -0.39 is 0 Å². The van der Waals surface area contributed by atoms with Crippen molar-refractivity contribution in [3.8, 4) is 0 Å². The maximum absolute atomic E-state index is 5.80. The zero-order valence-electron chi connectivity index (χ0n) is 10.4. The van der Waals surface area contributed by atoms with E-state index in [0.29, 0.717) is 0 Å². The summed E-state index contributed by atoms with van der Waals surface area (Å²) in [5, 5.41) is 0. The topological polar surface area (TPSA) is 21.8 Å². The van der Waals surface area contributed by atoms with Gasteiger partial charge in [0.15, 0.2) is 5.79 Å². The summed E-state index contributed by atoms with van der Waals surface area (Å²) in [6, 6.07) is 8.41. The monoisotopic (exact) mass is 232 g/mol. The summed E-state index contributed by atoms with van der Waals surface area (Å²) in [7, 11) is 0. The quantitative estimate of drug-likeness (QED) is 0.672. The Hall–Kier alpha value is -1.12. The minimum Gasteiger partial charge on any atom is -0.347 e. The van der Waals surface area contributed by atoms with Crippen molar-refractivity contribution in [1.82, 2.24) is 0 Å². The van der Waals surface area contributed by atoms with Crippen molar-refractivity contribution in [3.05, 3.63) is 42.0 Å². The molecule has 0 radical (unpaired) electrons. The van der Waals surface area contributed by atoms with Crippen LogP contribution < -0.4 is 0 Å². The van der Waals surface area contributed by atoms with E-state index in [4.69, 9.17) is 9.47 Å². The molecule has 92 valence electrons. The van der Waals surface area contributed by atoms with Crippen LogP contribution in [0.1, 0.15) is 30.9 Å². The fourth-order valence-corrected chi connectivity index (χ4v) is 1.94. The Balaban J connectivity index is 1.76. The number of hydrogen-bond donors (Lipinski definition) is 0. The van der Waals surface area contributed by atoms with Gasteiger partial charge in [0, 0.05) is 6.42 Å². The number of hydrogen-bond acceptors (Lipinski definition) is 2. The lowest BCUT2D eigenvalue weighted by Gasteiger charge is -2.12. The van der Waals surface area contributed by atoms with Crippen molar-refractivity contribution in [1.29, 1.82) is 0 Å². The summed E-state index contributed by atoms with van der Waals surface area (Å²) < 4.78 is 11.2. The lowest BCUT2D eigenvalue weighted by Crippen LogP contribution is -2.17. The first kappa shape index (κ1) is 12.3. The Morgan fingerprint density at radius 3 is 2.65 bits per heavy atom. The van der Waals surface area contributed by atoms with Gasteiger partial charge in [0.05, 0.1) is 6.61 Å². The van der Waals surface area contributed by atoms with E-state index in [9.17, 15) is 0 Å². The van der Waals surface area contributed by atoms with E-state index in [1.54, 1.807) is 0 Å². The van der Waals surface area contributed by atoms with E-state index in [1.807, 2.05) is 6.08 Å². The second-order valence-electron chi connectivity index (χ2n) is 4.49. The lowest BCUT2D eigenvalue weighted by atomic mass is 10.1. The molecule has 1 atom stereocenters. The van der Waals surface area contributed by atoms with Gasteiger partial charge in [-0.3, -0.25) is 0 Å². The third kappa shape index (κ3) is 3.42. The van der Waals surface area contributed by atoms with Crippen LogP contribution in [0.15, 0.2) is 30.8 Å². The number of epoxide rings is 1. The Labute approximate surface area is 103 Å². The van der Waals surface area contributed by atoms with Crippen molar-refractivity contribution in [2.75, 3.05) is 13.2 Å². The molecule has 2 rings (SSSR count). The van der Waals surface area contributed by atoms with Crippen molar-refractivity contribution in [3.63, 3.8) is 0 Å². The van der Waals surface area contributed by atoms with Crippen LogP contribution in [-0.4, -0.2) is 19.0 Å². The SMILES string of the molecule is C=Cc1ccc(CCOC2(CCC)CO2)cc1. The fraction of sp³-hybridized carbons (Fsp3) is 0.467. The summed E-state index contributed by atoms with van der Waals surface area (Å²) >= 11 is 0. The van der Waals surface area contributed by atoms with Crippen molar-refractivity contribution in [2.45, 2.75) is 32.0 Å². The first-order valence-electron chi connectivity index (χ1n) is 6.27. The number of benzene rings is 1. The fourth-order valence-electron chi connectivity index (χ4n) is 1.94. The predicted octanol–water partition coefficient (Wildman–Crippen LogP) is 3.42. The molecule has 2 nitrogen and oxygen atoms in total. The van der Waals surface area contributed by atoms with Gasteiger partial charge in [0.25, 0.3) is 0 Å². The predicted molar refractivity (Wildman–Crippen MR) is 69.8 cm³/mol. The van der Waals surface area contributed by atoms with Crippen LogP contribution in [-0.2, 0) is 15.9 Å². The van der Waals surface area contributed by atoms with E-state index in [2.05, 4.69) is 37.8 Å². The number of rotatable bonds is 7. The first-order valence-corrected chi connectivity index (χ1v) is 6.27. The van der Waals surface area contributed by atoms with Crippen molar-refractivity contribution < 1.29 is 9.47 Å². The molecule has 1 saturated heterocycles. The molecule has 0 amide bonds. The van der Waals surface area contributed by atoms with Gasteiger partial charge in [-0.25, -0.2) is 0 Å². The Morgan fingerprint density at radius 1 is 1.41 bits per heavy atom. The third-order valence-electron chi connectivity index (χ3n) is 3.07. The van der Waals surface area contributed by atoms with Crippen LogP contribution in [0, 0.1) is 0 Å². The molecule has 1 aromatic rings. The zero-order chi connectivity index (χ0) is 12.1. The standard InChI is InChI=1S/C15H20O2/c1-3-10-15(12-17-15)16-11-9-14-7-5-13(4-2)6-8-14/h4-8H,2-3,9-12H2,1H3. The highest BCUT2D eigenvalue weighted by Gasteiger charge is 2.44. The average molecular weight is 232 g/mol. The third-order valence-corrected chi connectivity index (χ3v) is 3.07.